The van der Waals surface area contributed by atoms with Crippen LogP contribution in [0.4, 0.5) is 5.69 Å². The van der Waals surface area contributed by atoms with Crippen molar-refractivity contribution < 1.29 is 4.79 Å². The number of carbonyl (C=O) groups excluding carboxylic acids is 1. The maximum atomic E-state index is 12.5. The molecule has 1 aromatic carbocycles. The number of benzene rings is 1. The minimum Gasteiger partial charge on any atom is -0.319 e. The van der Waals surface area contributed by atoms with Gasteiger partial charge >= 0.3 is 0 Å². The number of hydrogen-bond acceptors (Lipinski definition) is 3. The van der Waals surface area contributed by atoms with E-state index in [-0.39, 0.29) is 5.91 Å². The van der Waals surface area contributed by atoms with Crippen LogP contribution < -0.4 is 10.6 Å². The molecule has 1 fully saturated rings. The Hall–Kier alpha value is -2.14. The summed E-state index contributed by atoms with van der Waals surface area (Å²) in [5, 5.41) is 10.8. The van der Waals surface area contributed by atoms with Gasteiger partial charge in [-0.25, -0.2) is 0 Å². The number of rotatable bonds is 4. The molecule has 2 N–H and O–H groups in total. The Morgan fingerprint density at radius 1 is 1.24 bits per heavy atom. The molecule has 0 atom stereocenters. The van der Waals surface area contributed by atoms with Gasteiger partial charge < -0.3 is 10.6 Å². The first-order valence-electron chi connectivity index (χ1n) is 9.44. The van der Waals surface area contributed by atoms with E-state index >= 15 is 0 Å². The quantitative estimate of drug-likeness (QED) is 0.899. The molecule has 1 saturated carbocycles. The third kappa shape index (κ3) is 3.93. The van der Waals surface area contributed by atoms with E-state index in [9.17, 15) is 4.79 Å². The van der Waals surface area contributed by atoms with Crippen LogP contribution in [0.5, 0.6) is 0 Å². The van der Waals surface area contributed by atoms with Gasteiger partial charge in [0.2, 0.25) is 0 Å². The number of carbonyl (C=O) groups is 1. The van der Waals surface area contributed by atoms with Crippen molar-refractivity contribution in [2.75, 3.05) is 11.9 Å². The molecule has 25 heavy (non-hydrogen) atoms. The normalized spacial score (nSPS) is 17.9. The fraction of sp³-hybridized carbons (Fsp3) is 0.500. The summed E-state index contributed by atoms with van der Waals surface area (Å²) >= 11 is 0. The van der Waals surface area contributed by atoms with Gasteiger partial charge in [0.15, 0.2) is 0 Å². The molecule has 5 heteroatoms. The molecule has 5 nitrogen and oxygen atoms in total. The van der Waals surface area contributed by atoms with Crippen LogP contribution in [0.1, 0.15) is 53.6 Å². The summed E-state index contributed by atoms with van der Waals surface area (Å²) in [6.07, 6.45) is 11.3. The fourth-order valence-corrected chi connectivity index (χ4v) is 3.98. The van der Waals surface area contributed by atoms with Crippen molar-refractivity contribution in [3.8, 4) is 0 Å². The summed E-state index contributed by atoms with van der Waals surface area (Å²) < 4.78 is 1.98. The van der Waals surface area contributed by atoms with E-state index < -0.39 is 0 Å². The zero-order valence-electron chi connectivity index (χ0n) is 14.6. The molecule has 0 unspecified atom stereocenters. The second-order valence-corrected chi connectivity index (χ2v) is 7.32. The Bertz CT molecular complexity index is 746. The SMILES string of the molecule is O=C(Nc1cnn(CC2CCCCC2)c1)c1ccc2c(c1)CCNC2. The average molecular weight is 338 g/mol. The number of nitrogens with one attached hydrogen (secondary N) is 2. The average Bonchev–Trinajstić information content (AvgIpc) is 3.09. The molecule has 1 aromatic heterocycles. The van der Waals surface area contributed by atoms with Crippen LogP contribution in [-0.2, 0) is 19.5 Å². The fourth-order valence-electron chi connectivity index (χ4n) is 3.98. The van der Waals surface area contributed by atoms with Gasteiger partial charge in [0.05, 0.1) is 11.9 Å². The Labute approximate surface area is 148 Å². The van der Waals surface area contributed by atoms with Gasteiger partial charge in [0.1, 0.15) is 0 Å². The van der Waals surface area contributed by atoms with E-state index in [4.69, 9.17) is 0 Å². The molecule has 0 saturated heterocycles. The lowest BCUT2D eigenvalue weighted by molar-refractivity contribution is 0.102. The second kappa shape index (κ2) is 7.40. The molecule has 132 valence electrons. The Morgan fingerprint density at radius 2 is 2.12 bits per heavy atom. The van der Waals surface area contributed by atoms with E-state index in [1.165, 1.54) is 43.2 Å². The number of nitrogens with zero attached hydrogens (tertiary/aromatic N) is 2. The van der Waals surface area contributed by atoms with Gasteiger partial charge in [-0.15, -0.1) is 0 Å². The zero-order valence-corrected chi connectivity index (χ0v) is 14.6. The maximum absolute atomic E-state index is 12.5. The first-order chi connectivity index (χ1) is 12.3. The van der Waals surface area contributed by atoms with Crippen LogP contribution in [0.2, 0.25) is 0 Å². The maximum Gasteiger partial charge on any atom is 0.255 e. The van der Waals surface area contributed by atoms with Gasteiger partial charge in [-0.05, 0) is 55.0 Å². The lowest BCUT2D eigenvalue weighted by Crippen LogP contribution is -2.24. The van der Waals surface area contributed by atoms with Crippen molar-refractivity contribution in [3.63, 3.8) is 0 Å². The van der Waals surface area contributed by atoms with Crippen LogP contribution in [-0.4, -0.2) is 22.2 Å². The van der Waals surface area contributed by atoms with E-state index in [2.05, 4.69) is 21.8 Å². The number of aromatic nitrogens is 2. The number of fused-ring (bicyclic) bond motifs is 1. The third-order valence-corrected chi connectivity index (χ3v) is 5.42. The van der Waals surface area contributed by atoms with Gasteiger partial charge in [0.25, 0.3) is 5.91 Å². The third-order valence-electron chi connectivity index (χ3n) is 5.42. The molecule has 2 aliphatic rings. The summed E-state index contributed by atoms with van der Waals surface area (Å²) in [5.41, 5.74) is 4.07. The largest absolute Gasteiger partial charge is 0.319 e. The minimum atomic E-state index is -0.0569. The van der Waals surface area contributed by atoms with Crippen molar-refractivity contribution in [1.29, 1.82) is 0 Å². The molecule has 0 radical (unpaired) electrons. The minimum absolute atomic E-state index is 0.0569. The van der Waals surface area contributed by atoms with Crippen molar-refractivity contribution in [3.05, 3.63) is 47.3 Å². The number of anilines is 1. The number of hydrogen-bond donors (Lipinski definition) is 2. The first kappa shape index (κ1) is 16.3. The van der Waals surface area contributed by atoms with Gasteiger partial charge in [0, 0.05) is 24.8 Å². The Kier molecular flexibility index (Phi) is 4.83. The predicted molar refractivity (Wildman–Crippen MR) is 98.6 cm³/mol. The predicted octanol–water partition coefficient (Wildman–Crippen LogP) is 3.36. The van der Waals surface area contributed by atoms with Crippen molar-refractivity contribution in [2.45, 2.75) is 51.6 Å². The standard InChI is InChI=1S/C20H26N4O/c25-20(17-6-7-18-11-21-9-8-16(18)10-17)23-19-12-22-24(14-19)13-15-4-2-1-3-5-15/h6-7,10,12,14-15,21H,1-5,8-9,11,13H2,(H,23,25). The van der Waals surface area contributed by atoms with Crippen LogP contribution >= 0.6 is 0 Å². The molecular formula is C20H26N4O. The highest BCUT2D eigenvalue weighted by atomic mass is 16.1. The summed E-state index contributed by atoms with van der Waals surface area (Å²) in [5.74, 6) is 0.671. The molecular weight excluding hydrogens is 312 g/mol. The molecule has 2 heterocycles. The van der Waals surface area contributed by atoms with Gasteiger partial charge in [-0.1, -0.05) is 25.3 Å². The summed E-state index contributed by atoms with van der Waals surface area (Å²) in [6.45, 7) is 2.83. The molecule has 1 amide bonds. The van der Waals surface area contributed by atoms with Crippen molar-refractivity contribution in [2.24, 2.45) is 5.92 Å². The Morgan fingerprint density at radius 3 is 3.00 bits per heavy atom. The topological polar surface area (TPSA) is 59.0 Å². The summed E-state index contributed by atoms with van der Waals surface area (Å²) in [4.78, 5) is 12.5. The van der Waals surface area contributed by atoms with Crippen molar-refractivity contribution in [1.82, 2.24) is 15.1 Å². The molecule has 1 aliphatic carbocycles. The highest BCUT2D eigenvalue weighted by Crippen LogP contribution is 2.25. The smallest absolute Gasteiger partial charge is 0.255 e. The summed E-state index contributed by atoms with van der Waals surface area (Å²) in [6, 6.07) is 5.99. The monoisotopic (exact) mass is 338 g/mol. The van der Waals surface area contributed by atoms with Gasteiger partial charge in [-0.2, -0.15) is 5.10 Å². The molecule has 1 aliphatic heterocycles. The number of amides is 1. The van der Waals surface area contributed by atoms with Crippen molar-refractivity contribution >= 4 is 11.6 Å². The molecule has 0 spiro atoms. The van der Waals surface area contributed by atoms with E-state index in [1.54, 1.807) is 6.20 Å². The second-order valence-electron chi connectivity index (χ2n) is 7.32. The van der Waals surface area contributed by atoms with Gasteiger partial charge in [-0.3, -0.25) is 9.48 Å². The van der Waals surface area contributed by atoms with Crippen LogP contribution in [0.3, 0.4) is 0 Å². The highest BCUT2D eigenvalue weighted by Gasteiger charge is 2.16. The summed E-state index contributed by atoms with van der Waals surface area (Å²) in [7, 11) is 0. The lowest BCUT2D eigenvalue weighted by Gasteiger charge is -2.21. The van der Waals surface area contributed by atoms with E-state index in [1.807, 2.05) is 23.0 Å². The lowest BCUT2D eigenvalue weighted by atomic mass is 9.89. The zero-order chi connectivity index (χ0) is 17.1. The van der Waals surface area contributed by atoms with Crippen LogP contribution in [0.15, 0.2) is 30.6 Å². The molecule has 4 rings (SSSR count). The van der Waals surface area contributed by atoms with Crippen LogP contribution in [0, 0.1) is 5.92 Å². The Balaban J connectivity index is 1.39. The molecule has 0 bridgehead atoms. The van der Waals surface area contributed by atoms with Crippen LogP contribution in [0.25, 0.3) is 0 Å². The van der Waals surface area contributed by atoms with E-state index in [0.717, 1.165) is 43.2 Å². The van der Waals surface area contributed by atoms with E-state index in [0.29, 0.717) is 0 Å². The first-order valence-corrected chi connectivity index (χ1v) is 9.44. The molecule has 2 aromatic rings. The highest BCUT2D eigenvalue weighted by molar-refractivity contribution is 6.04.